The van der Waals surface area contributed by atoms with E-state index in [0.717, 1.165) is 24.1 Å². The second kappa shape index (κ2) is 7.58. The minimum atomic E-state index is 0.625. The molecule has 1 aromatic rings. The third kappa shape index (κ3) is 4.37. The molecule has 0 aliphatic carbocycles. The number of nitrogens with two attached hydrogens (primary N) is 1. The van der Waals surface area contributed by atoms with Gasteiger partial charge in [-0.3, -0.25) is 4.99 Å². The summed E-state index contributed by atoms with van der Waals surface area (Å²) in [6.07, 6.45) is 5.41. The van der Waals surface area contributed by atoms with Gasteiger partial charge in [0, 0.05) is 11.9 Å². The lowest BCUT2D eigenvalue weighted by molar-refractivity contribution is 0.969. The van der Waals surface area contributed by atoms with Gasteiger partial charge in [0.1, 0.15) is 0 Å². The Balaban J connectivity index is 2.91. The van der Waals surface area contributed by atoms with Crippen molar-refractivity contribution in [2.75, 3.05) is 6.54 Å². The topological polar surface area (TPSA) is 38.4 Å². The van der Waals surface area contributed by atoms with Crippen LogP contribution < -0.4 is 5.73 Å². The van der Waals surface area contributed by atoms with Crippen LogP contribution in [0.3, 0.4) is 0 Å². The Morgan fingerprint density at radius 2 is 2.06 bits per heavy atom. The van der Waals surface area contributed by atoms with E-state index in [0.29, 0.717) is 6.54 Å². The van der Waals surface area contributed by atoms with Gasteiger partial charge in [-0.25, -0.2) is 0 Å². The molecule has 0 radical (unpaired) electrons. The van der Waals surface area contributed by atoms with Crippen molar-refractivity contribution in [2.45, 2.75) is 19.8 Å². The number of hydrogen-bond acceptors (Lipinski definition) is 2. The molecule has 2 heteroatoms. The van der Waals surface area contributed by atoms with Gasteiger partial charge in [0.15, 0.2) is 0 Å². The smallest absolute Gasteiger partial charge is 0.0473 e. The summed E-state index contributed by atoms with van der Waals surface area (Å²) < 4.78 is 0. The van der Waals surface area contributed by atoms with Gasteiger partial charge < -0.3 is 5.73 Å². The first-order valence-electron chi connectivity index (χ1n) is 5.95. The molecule has 0 unspecified atom stereocenters. The summed E-state index contributed by atoms with van der Waals surface area (Å²) in [7, 11) is 0. The lowest BCUT2D eigenvalue weighted by Gasteiger charge is -2.03. The molecule has 2 N–H and O–H groups in total. The summed E-state index contributed by atoms with van der Waals surface area (Å²) in [5, 5.41) is 0. The van der Waals surface area contributed by atoms with Crippen molar-refractivity contribution < 1.29 is 0 Å². The van der Waals surface area contributed by atoms with Crippen LogP contribution in [0.2, 0.25) is 0 Å². The van der Waals surface area contributed by atoms with E-state index in [1.54, 1.807) is 0 Å². The van der Waals surface area contributed by atoms with E-state index < -0.39 is 0 Å². The minimum absolute atomic E-state index is 0.625. The second-order valence-electron chi connectivity index (χ2n) is 3.74. The fraction of sp³-hybridized carbons (Fsp3) is 0.267. The van der Waals surface area contributed by atoms with Crippen molar-refractivity contribution in [3.05, 3.63) is 60.3 Å². The zero-order chi connectivity index (χ0) is 12.5. The summed E-state index contributed by atoms with van der Waals surface area (Å²) in [6, 6.07) is 10.2. The van der Waals surface area contributed by atoms with Gasteiger partial charge in [0.2, 0.25) is 0 Å². The lowest BCUT2D eigenvalue weighted by atomic mass is 10.1. The molecule has 1 aromatic carbocycles. The number of allylic oxidation sites excluding steroid dienone is 1. The molecule has 0 amide bonds. The Hall–Kier alpha value is -1.67. The van der Waals surface area contributed by atoms with Gasteiger partial charge in [0.25, 0.3) is 0 Å². The van der Waals surface area contributed by atoms with Crippen LogP contribution in [0, 0.1) is 0 Å². The van der Waals surface area contributed by atoms with E-state index in [4.69, 9.17) is 5.73 Å². The van der Waals surface area contributed by atoms with E-state index >= 15 is 0 Å². The normalized spacial score (nSPS) is 12.6. The van der Waals surface area contributed by atoms with E-state index in [-0.39, 0.29) is 0 Å². The molecule has 1 rings (SSSR count). The molecule has 0 saturated carbocycles. The highest BCUT2D eigenvalue weighted by Gasteiger charge is 1.98. The molecule has 0 spiro atoms. The van der Waals surface area contributed by atoms with Crippen molar-refractivity contribution in [3.8, 4) is 0 Å². The van der Waals surface area contributed by atoms with Crippen molar-refractivity contribution >= 4 is 5.71 Å². The Morgan fingerprint density at radius 3 is 2.59 bits per heavy atom. The highest BCUT2D eigenvalue weighted by molar-refractivity contribution is 6.00. The number of hydrogen-bond donors (Lipinski definition) is 1. The van der Waals surface area contributed by atoms with Gasteiger partial charge in [-0.1, -0.05) is 49.9 Å². The predicted octanol–water partition coefficient (Wildman–Crippen LogP) is 3.30. The van der Waals surface area contributed by atoms with Crippen LogP contribution in [0.25, 0.3) is 0 Å². The van der Waals surface area contributed by atoms with E-state index in [9.17, 15) is 0 Å². The molecule has 0 heterocycles. The van der Waals surface area contributed by atoms with Crippen molar-refractivity contribution in [2.24, 2.45) is 10.7 Å². The molecule has 0 aromatic heterocycles. The first-order valence-corrected chi connectivity index (χ1v) is 5.95. The highest BCUT2D eigenvalue weighted by atomic mass is 14.7. The SMILES string of the molecule is C=C/C(=C\N=C(CC)c1ccccc1)CCN. The molecular formula is C15H20N2. The monoisotopic (exact) mass is 228 g/mol. The van der Waals surface area contributed by atoms with Crippen LogP contribution in [0.1, 0.15) is 25.3 Å². The van der Waals surface area contributed by atoms with Crippen LogP contribution in [0.5, 0.6) is 0 Å². The quantitative estimate of drug-likeness (QED) is 0.589. The van der Waals surface area contributed by atoms with Crippen molar-refractivity contribution in [1.82, 2.24) is 0 Å². The van der Waals surface area contributed by atoms with E-state index in [2.05, 4.69) is 30.6 Å². The summed E-state index contributed by atoms with van der Waals surface area (Å²) in [5.41, 5.74) is 8.85. The first-order chi connectivity index (χ1) is 8.31. The summed E-state index contributed by atoms with van der Waals surface area (Å²) in [5.74, 6) is 0. The molecule has 0 atom stereocenters. The van der Waals surface area contributed by atoms with Gasteiger partial charge in [0.05, 0.1) is 0 Å². The molecule has 0 aliphatic rings. The molecule has 0 aliphatic heterocycles. The minimum Gasteiger partial charge on any atom is -0.330 e. The Labute approximate surface area is 104 Å². The maximum Gasteiger partial charge on any atom is 0.0473 e. The first kappa shape index (κ1) is 13.4. The van der Waals surface area contributed by atoms with Gasteiger partial charge in [-0.05, 0) is 30.5 Å². The average Bonchev–Trinajstić information content (AvgIpc) is 2.39. The standard InChI is InChI=1S/C15H20N2/c1-3-13(10-11-16)12-17-15(4-2)14-8-6-5-7-9-14/h3,5-9,12H,1,4,10-11,16H2,2H3/b13-12+,17-15?. The molecule has 17 heavy (non-hydrogen) atoms. The number of aliphatic imine (C=N–C) groups is 1. The number of rotatable bonds is 6. The fourth-order valence-electron chi connectivity index (χ4n) is 1.55. The fourth-order valence-corrected chi connectivity index (χ4v) is 1.55. The summed E-state index contributed by atoms with van der Waals surface area (Å²) in [6.45, 7) is 6.50. The zero-order valence-corrected chi connectivity index (χ0v) is 10.4. The number of nitrogens with zero attached hydrogens (tertiary/aromatic N) is 1. The summed E-state index contributed by atoms with van der Waals surface area (Å²) >= 11 is 0. The molecule has 90 valence electrons. The van der Waals surface area contributed by atoms with Crippen LogP contribution in [-0.4, -0.2) is 12.3 Å². The summed E-state index contributed by atoms with van der Waals surface area (Å²) in [4.78, 5) is 4.53. The molecule has 0 saturated heterocycles. The third-order valence-corrected chi connectivity index (χ3v) is 2.52. The van der Waals surface area contributed by atoms with E-state index in [1.165, 1.54) is 5.56 Å². The Morgan fingerprint density at radius 1 is 1.35 bits per heavy atom. The molecule has 0 bridgehead atoms. The highest BCUT2D eigenvalue weighted by Crippen LogP contribution is 2.07. The molecule has 0 fully saturated rings. The van der Waals surface area contributed by atoms with Crippen LogP contribution in [0.4, 0.5) is 0 Å². The van der Waals surface area contributed by atoms with Gasteiger partial charge >= 0.3 is 0 Å². The maximum absolute atomic E-state index is 5.52. The maximum atomic E-state index is 5.52. The van der Waals surface area contributed by atoms with Crippen molar-refractivity contribution in [3.63, 3.8) is 0 Å². The molecule has 2 nitrogen and oxygen atoms in total. The molecular weight excluding hydrogens is 208 g/mol. The Kier molecular flexibility index (Phi) is 5.97. The van der Waals surface area contributed by atoms with Crippen molar-refractivity contribution in [1.29, 1.82) is 0 Å². The lowest BCUT2D eigenvalue weighted by Crippen LogP contribution is -2.00. The van der Waals surface area contributed by atoms with Crippen LogP contribution in [0.15, 0.2) is 59.8 Å². The Bertz CT molecular complexity index is 402. The predicted molar refractivity (Wildman–Crippen MR) is 75.2 cm³/mol. The zero-order valence-electron chi connectivity index (χ0n) is 10.4. The van der Waals surface area contributed by atoms with Crippen LogP contribution in [-0.2, 0) is 0 Å². The largest absolute Gasteiger partial charge is 0.330 e. The van der Waals surface area contributed by atoms with E-state index in [1.807, 2.05) is 30.5 Å². The second-order valence-corrected chi connectivity index (χ2v) is 3.74. The van der Waals surface area contributed by atoms with Gasteiger partial charge in [-0.2, -0.15) is 0 Å². The van der Waals surface area contributed by atoms with Crippen LogP contribution >= 0.6 is 0 Å². The number of benzene rings is 1. The third-order valence-electron chi connectivity index (χ3n) is 2.52. The average molecular weight is 228 g/mol. The van der Waals surface area contributed by atoms with Gasteiger partial charge in [-0.15, -0.1) is 0 Å².